The molecule has 1 amide bonds. The second kappa shape index (κ2) is 6.81. The van der Waals surface area contributed by atoms with Crippen molar-refractivity contribution in [1.82, 2.24) is 15.1 Å². The van der Waals surface area contributed by atoms with Gasteiger partial charge >= 0.3 is 6.18 Å². The minimum absolute atomic E-state index is 0.0343. The largest absolute Gasteiger partial charge is 0.467 e. The molecule has 3 heterocycles. The van der Waals surface area contributed by atoms with Gasteiger partial charge in [-0.25, -0.2) is 4.68 Å². The zero-order valence-electron chi connectivity index (χ0n) is 13.6. The SMILES string of the molecule is CCCCNC(=O)c1cc2n(n1)[C@@H](C(F)(F)F)C[C@@H](c1ccco1)N2. The molecule has 6 nitrogen and oxygen atoms in total. The van der Waals surface area contributed by atoms with Gasteiger partial charge in [-0.2, -0.15) is 18.3 Å². The molecule has 0 saturated carbocycles. The highest BCUT2D eigenvalue weighted by Crippen LogP contribution is 2.43. The van der Waals surface area contributed by atoms with Gasteiger partial charge in [-0.3, -0.25) is 4.79 Å². The molecule has 25 heavy (non-hydrogen) atoms. The average molecular weight is 356 g/mol. The van der Waals surface area contributed by atoms with Crippen LogP contribution in [-0.4, -0.2) is 28.4 Å². The number of amides is 1. The second-order valence-corrected chi connectivity index (χ2v) is 5.97. The van der Waals surface area contributed by atoms with Crippen LogP contribution in [-0.2, 0) is 0 Å². The molecule has 0 unspecified atom stereocenters. The van der Waals surface area contributed by atoms with Gasteiger partial charge < -0.3 is 15.1 Å². The molecule has 2 aromatic heterocycles. The van der Waals surface area contributed by atoms with E-state index in [2.05, 4.69) is 15.7 Å². The van der Waals surface area contributed by atoms with Crippen LogP contribution in [0.2, 0.25) is 0 Å². The van der Waals surface area contributed by atoms with Gasteiger partial charge in [0.15, 0.2) is 11.7 Å². The molecule has 0 spiro atoms. The average Bonchev–Trinajstić information content (AvgIpc) is 3.22. The normalized spacial score (nSPS) is 20.0. The van der Waals surface area contributed by atoms with Crippen molar-refractivity contribution in [3.63, 3.8) is 0 Å². The van der Waals surface area contributed by atoms with Crippen LogP contribution >= 0.6 is 0 Å². The molecule has 3 rings (SSSR count). The predicted molar refractivity (Wildman–Crippen MR) is 84.2 cm³/mol. The first-order valence-electron chi connectivity index (χ1n) is 8.14. The fourth-order valence-electron chi connectivity index (χ4n) is 2.83. The van der Waals surface area contributed by atoms with Crippen molar-refractivity contribution < 1.29 is 22.4 Å². The summed E-state index contributed by atoms with van der Waals surface area (Å²) in [6.45, 7) is 2.44. The van der Waals surface area contributed by atoms with E-state index in [1.165, 1.54) is 12.3 Å². The van der Waals surface area contributed by atoms with Crippen LogP contribution in [0, 0.1) is 0 Å². The quantitative estimate of drug-likeness (QED) is 0.802. The van der Waals surface area contributed by atoms with Gasteiger partial charge in [-0.1, -0.05) is 13.3 Å². The first-order chi connectivity index (χ1) is 11.9. The molecule has 2 N–H and O–H groups in total. The van der Waals surface area contributed by atoms with Crippen LogP contribution in [0.1, 0.15) is 54.5 Å². The lowest BCUT2D eigenvalue weighted by Gasteiger charge is -2.32. The number of unbranched alkanes of at least 4 members (excludes halogenated alkanes) is 1. The molecule has 136 valence electrons. The zero-order chi connectivity index (χ0) is 18.0. The molecule has 0 aromatic carbocycles. The van der Waals surface area contributed by atoms with E-state index >= 15 is 0 Å². The molecule has 1 aliphatic rings. The molecule has 0 aliphatic carbocycles. The lowest BCUT2D eigenvalue weighted by molar-refractivity contribution is -0.174. The summed E-state index contributed by atoms with van der Waals surface area (Å²) >= 11 is 0. The first-order valence-corrected chi connectivity index (χ1v) is 8.14. The molecule has 0 saturated heterocycles. The van der Waals surface area contributed by atoms with Gasteiger partial charge in [0.1, 0.15) is 11.6 Å². The van der Waals surface area contributed by atoms with Crippen molar-refractivity contribution in [2.24, 2.45) is 0 Å². The zero-order valence-corrected chi connectivity index (χ0v) is 13.6. The summed E-state index contributed by atoms with van der Waals surface area (Å²) in [7, 11) is 0. The molecule has 2 atom stereocenters. The molecule has 0 radical (unpaired) electrons. The number of aromatic nitrogens is 2. The number of halogens is 3. The van der Waals surface area contributed by atoms with Crippen LogP contribution in [0.5, 0.6) is 0 Å². The van der Waals surface area contributed by atoms with Crippen LogP contribution in [0.25, 0.3) is 0 Å². The van der Waals surface area contributed by atoms with Crippen LogP contribution < -0.4 is 10.6 Å². The summed E-state index contributed by atoms with van der Waals surface area (Å²) in [6.07, 6.45) is -1.63. The first kappa shape index (κ1) is 17.4. The summed E-state index contributed by atoms with van der Waals surface area (Å²) in [5.41, 5.74) is -0.0343. The Morgan fingerprint density at radius 2 is 2.32 bits per heavy atom. The van der Waals surface area contributed by atoms with E-state index in [-0.39, 0.29) is 17.9 Å². The number of alkyl halides is 3. The van der Waals surface area contributed by atoms with Gasteiger partial charge in [0.2, 0.25) is 0 Å². The number of fused-ring (bicyclic) bond motifs is 1. The smallest absolute Gasteiger partial charge is 0.410 e. The van der Waals surface area contributed by atoms with E-state index in [4.69, 9.17) is 4.42 Å². The number of carbonyl (C=O) groups excluding carboxylic acids is 1. The Morgan fingerprint density at radius 1 is 1.52 bits per heavy atom. The third kappa shape index (κ3) is 3.64. The molecule has 2 aromatic rings. The maximum Gasteiger partial charge on any atom is 0.410 e. The standard InChI is InChI=1S/C16H19F3N4O2/c1-2-3-6-20-15(24)11-9-14-21-10(12-5-4-7-25-12)8-13(16(17,18)19)23(14)22-11/h4-5,7,9-10,13,21H,2-3,6,8H2,1H3,(H,20,24)/t10-,13+/m0/s1. The lowest BCUT2D eigenvalue weighted by Crippen LogP contribution is -2.35. The second-order valence-electron chi connectivity index (χ2n) is 5.97. The van der Waals surface area contributed by atoms with Gasteiger partial charge in [0.05, 0.1) is 12.3 Å². The van der Waals surface area contributed by atoms with Crippen molar-refractivity contribution >= 4 is 11.7 Å². The molecule has 0 bridgehead atoms. The summed E-state index contributed by atoms with van der Waals surface area (Å²) < 4.78 is 46.5. The number of nitrogens with zero attached hydrogens (tertiary/aromatic N) is 2. The highest BCUT2D eigenvalue weighted by Gasteiger charge is 2.47. The Kier molecular flexibility index (Phi) is 4.73. The van der Waals surface area contributed by atoms with Crippen LogP contribution in [0.15, 0.2) is 28.9 Å². The van der Waals surface area contributed by atoms with E-state index in [1.54, 1.807) is 12.1 Å². The number of anilines is 1. The van der Waals surface area contributed by atoms with Crippen molar-refractivity contribution in [3.8, 4) is 0 Å². The monoisotopic (exact) mass is 356 g/mol. The molecule has 1 aliphatic heterocycles. The van der Waals surface area contributed by atoms with Crippen LogP contribution in [0.3, 0.4) is 0 Å². The number of hydrogen-bond donors (Lipinski definition) is 2. The third-order valence-electron chi connectivity index (χ3n) is 4.13. The van der Waals surface area contributed by atoms with E-state index < -0.39 is 24.2 Å². The van der Waals surface area contributed by atoms with Crippen molar-refractivity contribution in [1.29, 1.82) is 0 Å². The van der Waals surface area contributed by atoms with Crippen molar-refractivity contribution in [3.05, 3.63) is 35.9 Å². The minimum atomic E-state index is -4.48. The molecule has 9 heteroatoms. The van der Waals surface area contributed by atoms with Gasteiger partial charge in [0, 0.05) is 19.0 Å². The third-order valence-corrected chi connectivity index (χ3v) is 4.13. The Bertz CT molecular complexity index is 724. The Labute approximate surface area is 142 Å². The fourth-order valence-corrected chi connectivity index (χ4v) is 2.83. The number of furan rings is 1. The van der Waals surface area contributed by atoms with E-state index in [0.29, 0.717) is 12.3 Å². The number of nitrogens with one attached hydrogen (secondary N) is 2. The van der Waals surface area contributed by atoms with E-state index in [9.17, 15) is 18.0 Å². The summed E-state index contributed by atoms with van der Waals surface area (Å²) in [5.74, 6) is 0.0823. The maximum absolute atomic E-state index is 13.5. The predicted octanol–water partition coefficient (Wildman–Crippen LogP) is 3.67. The number of carbonyl (C=O) groups is 1. The minimum Gasteiger partial charge on any atom is -0.467 e. The Balaban J connectivity index is 1.87. The van der Waals surface area contributed by atoms with Crippen molar-refractivity contribution in [2.45, 2.75) is 44.4 Å². The molecule has 0 fully saturated rings. The highest BCUT2D eigenvalue weighted by atomic mass is 19.4. The summed E-state index contributed by atoms with van der Waals surface area (Å²) in [5, 5.41) is 9.51. The highest BCUT2D eigenvalue weighted by molar-refractivity contribution is 5.93. The fraction of sp³-hybridized carbons (Fsp3) is 0.500. The van der Waals surface area contributed by atoms with Crippen LogP contribution in [0.4, 0.5) is 19.0 Å². The topological polar surface area (TPSA) is 72.1 Å². The summed E-state index contributed by atoms with van der Waals surface area (Å²) in [4.78, 5) is 12.1. The van der Waals surface area contributed by atoms with Gasteiger partial charge in [-0.15, -0.1) is 0 Å². The Morgan fingerprint density at radius 3 is 2.96 bits per heavy atom. The number of rotatable bonds is 5. The van der Waals surface area contributed by atoms with Gasteiger partial charge in [0.25, 0.3) is 5.91 Å². The molecular formula is C16H19F3N4O2. The summed E-state index contributed by atoms with van der Waals surface area (Å²) in [6, 6.07) is 2.13. The molecular weight excluding hydrogens is 337 g/mol. The number of hydrogen-bond acceptors (Lipinski definition) is 4. The Hall–Kier alpha value is -2.45. The van der Waals surface area contributed by atoms with Gasteiger partial charge in [-0.05, 0) is 18.6 Å². The van der Waals surface area contributed by atoms with E-state index in [1.807, 2.05) is 6.92 Å². The van der Waals surface area contributed by atoms with E-state index in [0.717, 1.165) is 17.5 Å². The lowest BCUT2D eigenvalue weighted by atomic mass is 10.0. The maximum atomic E-state index is 13.5. The van der Waals surface area contributed by atoms with Crippen molar-refractivity contribution in [2.75, 3.05) is 11.9 Å².